The van der Waals surface area contributed by atoms with Crippen LogP contribution in [-0.2, 0) is 23.9 Å². The van der Waals surface area contributed by atoms with E-state index in [4.69, 9.17) is 15.2 Å². The van der Waals surface area contributed by atoms with E-state index >= 15 is 0 Å². The highest BCUT2D eigenvalue weighted by Gasteiger charge is 2.83. The van der Waals surface area contributed by atoms with Gasteiger partial charge in [0.15, 0.2) is 5.78 Å². The third-order valence-corrected chi connectivity index (χ3v) is 12.5. The van der Waals surface area contributed by atoms with E-state index < -0.39 is 57.2 Å². The van der Waals surface area contributed by atoms with Gasteiger partial charge in [0.05, 0.1) is 23.7 Å². The Morgan fingerprint density at radius 2 is 1.78 bits per heavy atom. The fourth-order valence-corrected chi connectivity index (χ4v) is 10.1. The van der Waals surface area contributed by atoms with Gasteiger partial charge >= 0.3 is 5.97 Å². The Morgan fingerprint density at radius 1 is 1.12 bits per heavy atom. The lowest BCUT2D eigenvalue weighted by molar-refractivity contribution is -0.347. The number of aliphatic hydroxyl groups is 2. The molecule has 1 saturated heterocycles. The molecule has 3 saturated carbocycles. The first-order valence-electron chi connectivity index (χ1n) is 15.6. The van der Waals surface area contributed by atoms with Gasteiger partial charge < -0.3 is 25.4 Å². The van der Waals surface area contributed by atoms with Crippen LogP contribution >= 0.6 is 0 Å². The van der Waals surface area contributed by atoms with Crippen molar-refractivity contribution in [3.63, 3.8) is 0 Å². The maximum atomic E-state index is 14.3. The van der Waals surface area contributed by atoms with Crippen LogP contribution in [0.2, 0.25) is 0 Å². The van der Waals surface area contributed by atoms with Crippen LogP contribution in [0.4, 0.5) is 0 Å². The summed E-state index contributed by atoms with van der Waals surface area (Å²) in [5.74, 6) is -1.03. The first-order valence-corrected chi connectivity index (χ1v) is 15.6. The fourth-order valence-electron chi connectivity index (χ4n) is 10.1. The van der Waals surface area contributed by atoms with Gasteiger partial charge in [-0.3, -0.25) is 14.4 Å². The topological polar surface area (TPSA) is 136 Å². The van der Waals surface area contributed by atoms with Crippen LogP contribution < -0.4 is 5.73 Å². The molecule has 10 atom stereocenters. The molecule has 0 aromatic heterocycles. The third kappa shape index (κ3) is 4.02. The van der Waals surface area contributed by atoms with Gasteiger partial charge in [-0.15, -0.1) is 0 Å². The van der Waals surface area contributed by atoms with Crippen LogP contribution in [0.15, 0.2) is 11.6 Å². The van der Waals surface area contributed by atoms with Crippen molar-refractivity contribution < 1.29 is 34.1 Å². The Morgan fingerprint density at radius 3 is 2.41 bits per heavy atom. The number of nitrogens with two attached hydrogens (primary N) is 1. The molecule has 41 heavy (non-hydrogen) atoms. The summed E-state index contributed by atoms with van der Waals surface area (Å²) in [7, 11) is 0. The molecule has 0 radical (unpaired) electrons. The van der Waals surface area contributed by atoms with Gasteiger partial charge in [-0.1, -0.05) is 46.3 Å². The van der Waals surface area contributed by atoms with Gasteiger partial charge in [-0.05, 0) is 64.7 Å². The van der Waals surface area contributed by atoms with Gasteiger partial charge in [-0.25, -0.2) is 0 Å². The normalized spacial score (nSPS) is 46.3. The van der Waals surface area contributed by atoms with E-state index in [2.05, 4.69) is 33.8 Å². The lowest BCUT2D eigenvalue weighted by Gasteiger charge is -2.70. The molecular formula is C33H51NO7. The molecule has 4 aliphatic carbocycles. The van der Waals surface area contributed by atoms with E-state index in [0.717, 1.165) is 5.57 Å². The maximum absolute atomic E-state index is 14.3. The highest BCUT2D eigenvalue weighted by atomic mass is 16.6. The summed E-state index contributed by atoms with van der Waals surface area (Å²) in [5, 5.41) is 22.5. The summed E-state index contributed by atoms with van der Waals surface area (Å²) in [6, 6.07) is -0.398. The summed E-state index contributed by atoms with van der Waals surface area (Å²) in [6.45, 7) is 15.6. The fraction of sp³-hybridized carbons (Fsp3) is 0.848. The molecule has 0 amide bonds. The zero-order chi connectivity index (χ0) is 30.6. The van der Waals surface area contributed by atoms with Crippen molar-refractivity contribution in [2.75, 3.05) is 0 Å². The molecule has 0 aromatic carbocycles. The number of Topliss-reactive ketones (excluding diaryl/α,β-unsaturated/α-hetero) is 2. The van der Waals surface area contributed by atoms with Gasteiger partial charge in [0.1, 0.15) is 17.0 Å². The number of ketones is 2. The second-order valence-electron chi connectivity index (χ2n) is 15.6. The van der Waals surface area contributed by atoms with Crippen molar-refractivity contribution in [3.05, 3.63) is 11.6 Å². The molecule has 1 spiro atoms. The standard InChI is InChI=1S/C33H51NO7/c1-9-10-25(39)40-28(2,3)14-13-23(37)32(8)26-21(36)16-30(6)22-12-11-18-19(15-20(35)27(34)29(18,4)5)31(22,7)24(38)17-33(26,30)41-32/h11,19-22,26-27,35-36H,9-10,12-17,34H2,1-8H3/t19-,20+,21-,22+,26-,27?,30+,31+,32+,33+/m1/s1. The third-order valence-electron chi connectivity index (χ3n) is 12.5. The highest BCUT2D eigenvalue weighted by Crippen LogP contribution is 2.76. The molecule has 4 fully saturated rings. The largest absolute Gasteiger partial charge is 0.460 e. The van der Waals surface area contributed by atoms with Gasteiger partial charge in [-0.2, -0.15) is 0 Å². The number of fused-ring (bicyclic) bond motifs is 4. The van der Waals surface area contributed by atoms with Crippen molar-refractivity contribution in [2.45, 2.75) is 142 Å². The Labute approximate surface area is 244 Å². The number of esters is 1. The molecule has 8 heteroatoms. The van der Waals surface area contributed by atoms with Crippen LogP contribution in [0.1, 0.15) is 107 Å². The van der Waals surface area contributed by atoms with E-state index in [1.165, 1.54) is 0 Å². The van der Waals surface area contributed by atoms with Gasteiger partial charge in [0.2, 0.25) is 0 Å². The molecular weight excluding hydrogens is 522 g/mol. The molecule has 0 bridgehead atoms. The lowest BCUT2D eigenvalue weighted by atomic mass is 9.39. The lowest BCUT2D eigenvalue weighted by Crippen LogP contribution is -2.79. The monoisotopic (exact) mass is 573 g/mol. The Bertz CT molecular complexity index is 1180. The van der Waals surface area contributed by atoms with E-state index in [1.807, 2.05) is 20.8 Å². The van der Waals surface area contributed by atoms with Crippen molar-refractivity contribution in [2.24, 2.45) is 39.7 Å². The maximum Gasteiger partial charge on any atom is 0.306 e. The molecule has 0 aromatic rings. The summed E-state index contributed by atoms with van der Waals surface area (Å²) >= 11 is 0. The first-order chi connectivity index (χ1) is 18.8. The minimum absolute atomic E-state index is 0.0895. The second kappa shape index (κ2) is 9.44. The average Bonchev–Trinajstić information content (AvgIpc) is 3.03. The quantitative estimate of drug-likeness (QED) is 0.307. The molecule has 5 rings (SSSR count). The Balaban J connectivity index is 1.41. The molecule has 5 aliphatic rings. The van der Waals surface area contributed by atoms with E-state index in [-0.39, 0.29) is 42.2 Å². The van der Waals surface area contributed by atoms with Crippen molar-refractivity contribution >= 4 is 17.5 Å². The number of aliphatic hydroxyl groups excluding tert-OH is 2. The minimum Gasteiger partial charge on any atom is -0.460 e. The number of carbonyl (C=O) groups excluding carboxylic acids is 3. The molecule has 1 aliphatic heterocycles. The SMILES string of the molecule is CCCC(=O)OC(C)(C)CCC(=O)[C@]1(C)O[C@]23CC(=O)[C@@]4(C)[C@@H]5C[C@H](O)C(N)C(C)(C)C5=CC[C@H]4[C@]2(C)C[C@@H](O)[C@H]13. The molecule has 4 N–H and O–H groups in total. The summed E-state index contributed by atoms with van der Waals surface area (Å²) in [6.07, 6.45) is 4.01. The Hall–Kier alpha value is -1.61. The van der Waals surface area contributed by atoms with E-state index in [9.17, 15) is 24.6 Å². The van der Waals surface area contributed by atoms with Crippen LogP contribution in [0.3, 0.4) is 0 Å². The van der Waals surface area contributed by atoms with Crippen LogP contribution in [-0.4, -0.2) is 62.8 Å². The average molecular weight is 574 g/mol. The number of hydrogen-bond acceptors (Lipinski definition) is 8. The van der Waals surface area contributed by atoms with Crippen LogP contribution in [0, 0.1) is 34.0 Å². The number of ether oxygens (including phenoxy) is 2. The Kier molecular flexibility index (Phi) is 7.10. The molecule has 1 unspecified atom stereocenters. The zero-order valence-corrected chi connectivity index (χ0v) is 26.2. The summed E-state index contributed by atoms with van der Waals surface area (Å²) < 4.78 is 12.3. The van der Waals surface area contributed by atoms with Crippen molar-refractivity contribution in [1.29, 1.82) is 0 Å². The molecule has 230 valence electrons. The predicted octanol–water partition coefficient (Wildman–Crippen LogP) is 4.03. The summed E-state index contributed by atoms with van der Waals surface area (Å²) in [4.78, 5) is 40.1. The second-order valence-corrected chi connectivity index (χ2v) is 15.6. The number of rotatable bonds is 7. The van der Waals surface area contributed by atoms with Crippen molar-refractivity contribution in [1.82, 2.24) is 0 Å². The van der Waals surface area contributed by atoms with Crippen LogP contribution in [0.25, 0.3) is 0 Å². The number of carbonyl (C=O) groups is 3. The zero-order valence-electron chi connectivity index (χ0n) is 26.2. The van der Waals surface area contributed by atoms with Gasteiger partial charge in [0.25, 0.3) is 0 Å². The smallest absolute Gasteiger partial charge is 0.306 e. The van der Waals surface area contributed by atoms with Gasteiger partial charge in [0, 0.05) is 41.5 Å². The number of allylic oxidation sites excluding steroid dienone is 1. The van der Waals surface area contributed by atoms with Crippen LogP contribution in [0.5, 0.6) is 0 Å². The molecule has 1 heterocycles. The molecule has 8 nitrogen and oxygen atoms in total. The van der Waals surface area contributed by atoms with E-state index in [1.54, 1.807) is 6.92 Å². The minimum atomic E-state index is -1.21. The van der Waals surface area contributed by atoms with E-state index in [0.29, 0.717) is 38.5 Å². The predicted molar refractivity (Wildman–Crippen MR) is 154 cm³/mol. The van der Waals surface area contributed by atoms with Crippen molar-refractivity contribution in [3.8, 4) is 0 Å². The first kappa shape index (κ1) is 30.8. The highest BCUT2D eigenvalue weighted by molar-refractivity contribution is 5.92. The summed E-state index contributed by atoms with van der Waals surface area (Å²) in [5.41, 5.74) is 3.02. The number of hydrogen-bond donors (Lipinski definition) is 3.